The molecule has 0 unspecified atom stereocenters. The van der Waals surface area contributed by atoms with Crippen molar-refractivity contribution in [3.05, 3.63) is 60.7 Å². The van der Waals surface area contributed by atoms with E-state index in [2.05, 4.69) is 20.2 Å². The molecule has 4 heterocycles. The molecular weight excluding hydrogens is 439 g/mol. The fourth-order valence-electron chi connectivity index (χ4n) is 3.14. The largest absolute Gasteiger partial charge is 0.454 e. The highest BCUT2D eigenvalue weighted by Crippen LogP contribution is 2.40. The van der Waals surface area contributed by atoms with Crippen LogP contribution >= 0.6 is 23.1 Å². The molecule has 0 saturated heterocycles. The van der Waals surface area contributed by atoms with Gasteiger partial charge >= 0.3 is 0 Å². The van der Waals surface area contributed by atoms with Crippen LogP contribution in [-0.4, -0.2) is 27.0 Å². The Morgan fingerprint density at radius 1 is 0.903 bits per heavy atom. The lowest BCUT2D eigenvalue weighted by atomic mass is 10.2. The number of hydrogen-bond acceptors (Lipinski definition) is 9. The molecule has 2 aromatic carbocycles. The van der Waals surface area contributed by atoms with Crippen LogP contribution in [-0.2, 0) is 0 Å². The van der Waals surface area contributed by atoms with Crippen LogP contribution in [0.3, 0.4) is 0 Å². The van der Waals surface area contributed by atoms with Gasteiger partial charge in [-0.15, -0.1) is 21.5 Å². The SMILES string of the molecule is Fc1ccc(-c2cc3ncnc(Sc4nnc(-c5ccc6c(c5)OCO6)o4)c3s2)cc1. The van der Waals surface area contributed by atoms with E-state index in [1.54, 1.807) is 18.2 Å². The summed E-state index contributed by atoms with van der Waals surface area (Å²) in [4.78, 5) is 9.72. The lowest BCUT2D eigenvalue weighted by molar-refractivity contribution is 0.174. The van der Waals surface area contributed by atoms with E-state index in [1.807, 2.05) is 18.2 Å². The summed E-state index contributed by atoms with van der Waals surface area (Å²) < 4.78 is 30.7. The quantitative estimate of drug-likeness (QED) is 0.335. The van der Waals surface area contributed by atoms with Gasteiger partial charge < -0.3 is 13.9 Å². The second kappa shape index (κ2) is 7.33. The van der Waals surface area contributed by atoms with Gasteiger partial charge in [0.2, 0.25) is 12.7 Å². The highest BCUT2D eigenvalue weighted by molar-refractivity contribution is 7.99. The summed E-state index contributed by atoms with van der Waals surface area (Å²) in [6, 6.07) is 13.8. The molecule has 0 atom stereocenters. The molecule has 0 aliphatic carbocycles. The van der Waals surface area contributed by atoms with Crippen molar-refractivity contribution in [1.29, 1.82) is 0 Å². The van der Waals surface area contributed by atoms with Gasteiger partial charge in [0.25, 0.3) is 5.22 Å². The summed E-state index contributed by atoms with van der Waals surface area (Å²) in [5, 5.41) is 9.36. The maximum Gasteiger partial charge on any atom is 0.283 e. The predicted octanol–water partition coefficient (Wildman–Crippen LogP) is 5.43. The van der Waals surface area contributed by atoms with E-state index in [1.165, 1.54) is 41.6 Å². The Morgan fingerprint density at radius 3 is 2.65 bits per heavy atom. The summed E-state index contributed by atoms with van der Waals surface area (Å²) >= 11 is 2.80. The van der Waals surface area contributed by atoms with Crippen molar-refractivity contribution >= 4 is 33.3 Å². The Kier molecular flexibility index (Phi) is 4.32. The van der Waals surface area contributed by atoms with E-state index in [9.17, 15) is 4.39 Å². The van der Waals surface area contributed by atoms with Gasteiger partial charge in [-0.3, -0.25) is 0 Å². The molecule has 7 nitrogen and oxygen atoms in total. The van der Waals surface area contributed by atoms with E-state index in [-0.39, 0.29) is 12.6 Å². The molecule has 10 heteroatoms. The predicted molar refractivity (Wildman–Crippen MR) is 113 cm³/mol. The molecule has 0 fully saturated rings. The van der Waals surface area contributed by atoms with Crippen LogP contribution in [0.4, 0.5) is 4.39 Å². The van der Waals surface area contributed by atoms with Gasteiger partial charge in [-0.25, -0.2) is 14.4 Å². The third-order valence-electron chi connectivity index (χ3n) is 4.62. The fraction of sp³-hybridized carbons (Fsp3) is 0.0476. The standard InChI is InChI=1S/C21H11FN4O3S2/c22-13-4-1-11(2-5-13)17-8-14-18(30-17)20(24-9-23-14)31-21-26-25-19(29-21)12-3-6-15-16(7-12)28-10-27-15/h1-9H,10H2. The molecule has 1 aliphatic rings. The molecule has 1 aliphatic heterocycles. The Balaban J connectivity index is 1.31. The van der Waals surface area contributed by atoms with Crippen molar-refractivity contribution in [3.63, 3.8) is 0 Å². The Bertz CT molecular complexity index is 1420. The zero-order valence-electron chi connectivity index (χ0n) is 15.6. The van der Waals surface area contributed by atoms with Crippen LogP contribution in [0.25, 0.3) is 32.1 Å². The van der Waals surface area contributed by atoms with Gasteiger partial charge in [0, 0.05) is 10.4 Å². The van der Waals surface area contributed by atoms with Crippen molar-refractivity contribution in [3.8, 4) is 33.4 Å². The number of thiophene rings is 1. The summed E-state index contributed by atoms with van der Waals surface area (Å²) in [6.07, 6.45) is 1.50. The molecule has 152 valence electrons. The summed E-state index contributed by atoms with van der Waals surface area (Å²) in [6.45, 7) is 0.203. The average molecular weight is 450 g/mol. The van der Waals surface area contributed by atoms with Crippen LogP contribution in [0.2, 0.25) is 0 Å². The summed E-state index contributed by atoms with van der Waals surface area (Å²) in [5.74, 6) is 1.45. The van der Waals surface area contributed by atoms with Gasteiger partial charge in [-0.2, -0.15) is 0 Å². The van der Waals surface area contributed by atoms with E-state index in [0.717, 1.165) is 26.2 Å². The third-order valence-corrected chi connectivity index (χ3v) is 6.77. The van der Waals surface area contributed by atoms with Crippen LogP contribution in [0, 0.1) is 5.82 Å². The van der Waals surface area contributed by atoms with Crippen molar-refractivity contribution in [2.24, 2.45) is 0 Å². The summed E-state index contributed by atoms with van der Waals surface area (Å²) in [7, 11) is 0. The van der Waals surface area contributed by atoms with E-state index >= 15 is 0 Å². The second-order valence-electron chi connectivity index (χ2n) is 6.55. The van der Waals surface area contributed by atoms with Gasteiger partial charge in [-0.1, -0.05) is 12.1 Å². The highest BCUT2D eigenvalue weighted by atomic mass is 32.2. The molecule has 0 bridgehead atoms. The van der Waals surface area contributed by atoms with Gasteiger partial charge in [0.1, 0.15) is 17.2 Å². The molecular formula is C21H11FN4O3S2. The molecule has 6 rings (SSSR count). The highest BCUT2D eigenvalue weighted by Gasteiger charge is 2.18. The Hall–Kier alpha value is -3.50. The molecule has 5 aromatic rings. The number of ether oxygens (including phenoxy) is 2. The number of aromatic nitrogens is 4. The molecule has 0 amide bonds. The van der Waals surface area contributed by atoms with Gasteiger partial charge in [0.15, 0.2) is 11.5 Å². The van der Waals surface area contributed by atoms with Gasteiger partial charge in [-0.05, 0) is 53.7 Å². The number of rotatable bonds is 4. The van der Waals surface area contributed by atoms with Crippen molar-refractivity contribution < 1.29 is 18.3 Å². The summed E-state index contributed by atoms with van der Waals surface area (Å²) in [5.41, 5.74) is 2.46. The van der Waals surface area contributed by atoms with Crippen molar-refractivity contribution in [1.82, 2.24) is 20.2 Å². The van der Waals surface area contributed by atoms with Gasteiger partial charge in [0.05, 0.1) is 10.2 Å². The van der Waals surface area contributed by atoms with E-state index in [4.69, 9.17) is 13.9 Å². The topological polar surface area (TPSA) is 83.2 Å². The molecule has 3 aromatic heterocycles. The zero-order chi connectivity index (χ0) is 20.8. The number of fused-ring (bicyclic) bond motifs is 2. The number of halogens is 1. The fourth-order valence-corrected chi connectivity index (χ4v) is 5.06. The first kappa shape index (κ1) is 18.3. The van der Waals surface area contributed by atoms with E-state index in [0.29, 0.717) is 27.6 Å². The minimum Gasteiger partial charge on any atom is -0.454 e. The minimum atomic E-state index is -0.268. The first-order chi connectivity index (χ1) is 15.2. The normalized spacial score (nSPS) is 12.5. The minimum absolute atomic E-state index is 0.203. The Morgan fingerprint density at radius 2 is 1.74 bits per heavy atom. The lowest BCUT2D eigenvalue weighted by Gasteiger charge is -1.98. The Labute approximate surface area is 182 Å². The van der Waals surface area contributed by atoms with E-state index < -0.39 is 0 Å². The first-order valence-electron chi connectivity index (χ1n) is 9.15. The van der Waals surface area contributed by atoms with Crippen LogP contribution in [0.1, 0.15) is 0 Å². The van der Waals surface area contributed by atoms with Crippen LogP contribution < -0.4 is 9.47 Å². The molecule has 0 radical (unpaired) electrons. The molecule has 0 saturated carbocycles. The maximum absolute atomic E-state index is 13.2. The molecule has 31 heavy (non-hydrogen) atoms. The number of hydrogen-bond donors (Lipinski definition) is 0. The van der Waals surface area contributed by atoms with Crippen LogP contribution in [0.15, 0.2) is 69.5 Å². The van der Waals surface area contributed by atoms with Crippen LogP contribution in [0.5, 0.6) is 11.5 Å². The third kappa shape index (κ3) is 3.39. The van der Waals surface area contributed by atoms with Crippen molar-refractivity contribution in [2.45, 2.75) is 10.2 Å². The number of benzene rings is 2. The smallest absolute Gasteiger partial charge is 0.283 e. The molecule has 0 N–H and O–H groups in total. The number of nitrogens with zero attached hydrogens (tertiary/aromatic N) is 4. The lowest BCUT2D eigenvalue weighted by Crippen LogP contribution is -1.92. The first-order valence-corrected chi connectivity index (χ1v) is 10.8. The maximum atomic E-state index is 13.2. The zero-order valence-corrected chi connectivity index (χ0v) is 17.2. The molecule has 0 spiro atoms. The second-order valence-corrected chi connectivity index (χ2v) is 8.55. The van der Waals surface area contributed by atoms with Crippen molar-refractivity contribution in [2.75, 3.05) is 6.79 Å². The monoisotopic (exact) mass is 450 g/mol. The average Bonchev–Trinajstić information content (AvgIpc) is 3.53.